The van der Waals surface area contributed by atoms with Gasteiger partial charge < -0.3 is 14.8 Å². The number of aryl methyl sites for hydroxylation is 2. The molecule has 1 amide bonds. The van der Waals surface area contributed by atoms with E-state index in [4.69, 9.17) is 0 Å². The van der Waals surface area contributed by atoms with E-state index in [9.17, 15) is 14.4 Å². The highest BCUT2D eigenvalue weighted by Gasteiger charge is 2.17. The third-order valence-electron chi connectivity index (χ3n) is 5.36. The molecule has 9 nitrogen and oxygen atoms in total. The molecule has 0 spiro atoms. The molecule has 0 fully saturated rings. The third kappa shape index (κ3) is 4.04. The number of fused-ring (bicyclic) bond motifs is 1. The molecule has 2 heterocycles. The molecule has 9 heteroatoms. The molecule has 0 atom stereocenters. The summed E-state index contributed by atoms with van der Waals surface area (Å²) in [6.07, 6.45) is 1.46. The Morgan fingerprint density at radius 1 is 1.03 bits per heavy atom. The van der Waals surface area contributed by atoms with Crippen molar-refractivity contribution in [3.05, 3.63) is 87.3 Å². The monoisotopic (exact) mass is 432 g/mol. The molecule has 0 unspecified atom stereocenters. The van der Waals surface area contributed by atoms with Crippen molar-refractivity contribution in [2.24, 2.45) is 14.1 Å². The first-order chi connectivity index (χ1) is 15.3. The number of anilines is 2. The lowest BCUT2D eigenvalue weighted by molar-refractivity contribution is -0.116. The summed E-state index contributed by atoms with van der Waals surface area (Å²) in [5.41, 5.74) is 2.20. The van der Waals surface area contributed by atoms with Gasteiger partial charge in [-0.2, -0.15) is 0 Å². The van der Waals surface area contributed by atoms with E-state index in [-0.39, 0.29) is 17.7 Å². The minimum atomic E-state index is -0.589. The second-order valence-electron chi connectivity index (χ2n) is 7.70. The third-order valence-corrected chi connectivity index (χ3v) is 5.36. The standard InChI is InChI=1S/C23H24N6O3/c1-26(13-16-7-5-4-6-8-16)18-11-9-17(10-12-18)25-19(30)14-29-22(31)20-21(24-15-27(20)2)28(3)23(29)32/h4-12,15H,13-14H2,1-3H3,(H,25,30). The van der Waals surface area contributed by atoms with Crippen LogP contribution in [-0.4, -0.2) is 31.6 Å². The Balaban J connectivity index is 1.48. The maximum atomic E-state index is 12.7. The number of benzene rings is 2. The molecule has 0 aliphatic rings. The van der Waals surface area contributed by atoms with E-state index in [1.54, 1.807) is 19.2 Å². The van der Waals surface area contributed by atoms with Gasteiger partial charge in [-0.3, -0.25) is 14.2 Å². The zero-order valence-electron chi connectivity index (χ0n) is 18.1. The number of aromatic nitrogens is 4. The number of imidazole rings is 1. The van der Waals surface area contributed by atoms with Gasteiger partial charge in [0.25, 0.3) is 5.56 Å². The number of amides is 1. The predicted molar refractivity (Wildman–Crippen MR) is 124 cm³/mol. The quantitative estimate of drug-likeness (QED) is 0.501. The van der Waals surface area contributed by atoms with Crippen molar-refractivity contribution < 1.29 is 4.79 Å². The minimum absolute atomic E-state index is 0.269. The van der Waals surface area contributed by atoms with Gasteiger partial charge in [-0.1, -0.05) is 30.3 Å². The van der Waals surface area contributed by atoms with Gasteiger partial charge in [0.1, 0.15) is 6.54 Å². The van der Waals surface area contributed by atoms with E-state index >= 15 is 0 Å². The zero-order chi connectivity index (χ0) is 22.8. The molecule has 32 heavy (non-hydrogen) atoms. The lowest BCUT2D eigenvalue weighted by atomic mass is 10.2. The van der Waals surface area contributed by atoms with Crippen LogP contribution in [-0.2, 0) is 32.0 Å². The summed E-state index contributed by atoms with van der Waals surface area (Å²) in [4.78, 5) is 44.1. The van der Waals surface area contributed by atoms with E-state index < -0.39 is 17.2 Å². The highest BCUT2D eigenvalue weighted by Crippen LogP contribution is 2.19. The van der Waals surface area contributed by atoms with Gasteiger partial charge in [-0.15, -0.1) is 0 Å². The Bertz CT molecular complexity index is 1380. The van der Waals surface area contributed by atoms with Crippen molar-refractivity contribution in [1.82, 2.24) is 18.7 Å². The number of hydrogen-bond acceptors (Lipinski definition) is 5. The molecule has 2 aromatic carbocycles. The second-order valence-corrected chi connectivity index (χ2v) is 7.70. The Morgan fingerprint density at radius 2 is 1.72 bits per heavy atom. The van der Waals surface area contributed by atoms with Crippen LogP contribution in [0.2, 0.25) is 0 Å². The molecule has 164 valence electrons. The molecular weight excluding hydrogens is 408 g/mol. The van der Waals surface area contributed by atoms with Crippen LogP contribution in [0.15, 0.2) is 70.5 Å². The Morgan fingerprint density at radius 3 is 2.41 bits per heavy atom. The lowest BCUT2D eigenvalue weighted by Gasteiger charge is -2.20. The number of carbonyl (C=O) groups excluding carboxylic acids is 1. The number of carbonyl (C=O) groups is 1. The molecule has 0 aliphatic heterocycles. The molecule has 0 bridgehead atoms. The summed E-state index contributed by atoms with van der Waals surface area (Å²) in [6, 6.07) is 17.5. The van der Waals surface area contributed by atoms with Crippen LogP contribution in [0, 0.1) is 0 Å². The Hall–Kier alpha value is -4.14. The predicted octanol–water partition coefficient (Wildman–Crippen LogP) is 1.71. The van der Waals surface area contributed by atoms with Gasteiger partial charge in [0, 0.05) is 39.1 Å². The highest BCUT2D eigenvalue weighted by atomic mass is 16.2. The summed E-state index contributed by atoms with van der Waals surface area (Å²) in [7, 11) is 5.19. The van der Waals surface area contributed by atoms with Crippen LogP contribution in [0.1, 0.15) is 5.56 Å². The van der Waals surface area contributed by atoms with Crippen molar-refractivity contribution in [2.45, 2.75) is 13.1 Å². The van der Waals surface area contributed by atoms with E-state index in [1.807, 2.05) is 37.4 Å². The first kappa shape index (κ1) is 21.1. The molecule has 4 rings (SSSR count). The zero-order valence-corrected chi connectivity index (χ0v) is 18.1. The van der Waals surface area contributed by atoms with Crippen LogP contribution in [0.5, 0.6) is 0 Å². The van der Waals surface area contributed by atoms with Crippen molar-refractivity contribution in [2.75, 3.05) is 17.3 Å². The SMILES string of the molecule is CN(Cc1ccccc1)c1ccc(NC(=O)Cn2c(=O)c3c(ncn3C)n(C)c2=O)cc1. The van der Waals surface area contributed by atoms with Gasteiger partial charge in [0.15, 0.2) is 11.2 Å². The molecule has 1 N–H and O–H groups in total. The molecule has 4 aromatic rings. The van der Waals surface area contributed by atoms with E-state index in [0.717, 1.165) is 16.8 Å². The number of rotatable bonds is 6. The van der Waals surface area contributed by atoms with Crippen molar-refractivity contribution in [3.63, 3.8) is 0 Å². The minimum Gasteiger partial charge on any atom is -0.370 e. The summed E-state index contributed by atoms with van der Waals surface area (Å²) in [5, 5.41) is 2.75. The first-order valence-corrected chi connectivity index (χ1v) is 10.1. The fraction of sp³-hybridized carbons (Fsp3) is 0.217. The van der Waals surface area contributed by atoms with Crippen LogP contribution < -0.4 is 21.5 Å². The van der Waals surface area contributed by atoms with Crippen molar-refractivity contribution in [1.29, 1.82) is 0 Å². The average Bonchev–Trinajstić information content (AvgIpc) is 3.18. The second kappa shape index (κ2) is 8.54. The fourth-order valence-electron chi connectivity index (χ4n) is 3.63. The van der Waals surface area contributed by atoms with Gasteiger partial charge in [-0.25, -0.2) is 14.3 Å². The van der Waals surface area contributed by atoms with E-state index in [1.165, 1.54) is 28.1 Å². The summed E-state index contributed by atoms with van der Waals surface area (Å²) in [6.45, 7) is 0.373. The van der Waals surface area contributed by atoms with Gasteiger partial charge in [0.05, 0.1) is 6.33 Å². The average molecular weight is 432 g/mol. The van der Waals surface area contributed by atoms with Crippen molar-refractivity contribution in [3.8, 4) is 0 Å². The molecule has 0 radical (unpaired) electrons. The van der Waals surface area contributed by atoms with Crippen LogP contribution in [0.25, 0.3) is 11.2 Å². The summed E-state index contributed by atoms with van der Waals surface area (Å²) >= 11 is 0. The van der Waals surface area contributed by atoms with Gasteiger partial charge in [-0.05, 0) is 29.8 Å². The summed E-state index contributed by atoms with van der Waals surface area (Å²) < 4.78 is 3.72. The summed E-state index contributed by atoms with van der Waals surface area (Å²) in [5.74, 6) is -0.462. The van der Waals surface area contributed by atoms with Gasteiger partial charge >= 0.3 is 5.69 Å². The molecular formula is C23H24N6O3. The molecule has 0 saturated carbocycles. The largest absolute Gasteiger partial charge is 0.370 e. The van der Waals surface area contributed by atoms with Gasteiger partial charge in [0.2, 0.25) is 5.91 Å². The Labute approximate surface area is 184 Å². The normalized spacial score (nSPS) is 11.0. The molecule has 0 saturated heterocycles. The molecule has 2 aromatic heterocycles. The topological polar surface area (TPSA) is 94.2 Å². The van der Waals surface area contributed by atoms with Crippen molar-refractivity contribution >= 4 is 28.4 Å². The molecule has 0 aliphatic carbocycles. The van der Waals surface area contributed by atoms with Crippen LogP contribution >= 0.6 is 0 Å². The number of hydrogen-bond donors (Lipinski definition) is 1. The van der Waals surface area contributed by atoms with E-state index in [2.05, 4.69) is 27.3 Å². The number of nitrogens with one attached hydrogen (secondary N) is 1. The lowest BCUT2D eigenvalue weighted by Crippen LogP contribution is -2.42. The first-order valence-electron chi connectivity index (χ1n) is 10.1. The fourth-order valence-corrected chi connectivity index (χ4v) is 3.63. The van der Waals surface area contributed by atoms with E-state index in [0.29, 0.717) is 5.69 Å². The maximum Gasteiger partial charge on any atom is 0.332 e. The smallest absolute Gasteiger partial charge is 0.332 e. The van der Waals surface area contributed by atoms with Crippen LogP contribution in [0.4, 0.5) is 11.4 Å². The number of nitrogens with zero attached hydrogens (tertiary/aromatic N) is 5. The Kier molecular flexibility index (Phi) is 5.63. The van der Waals surface area contributed by atoms with Crippen LogP contribution in [0.3, 0.4) is 0 Å². The highest BCUT2D eigenvalue weighted by molar-refractivity contribution is 5.90. The maximum absolute atomic E-state index is 12.7.